The molecule has 0 aromatic heterocycles. The summed E-state index contributed by atoms with van der Waals surface area (Å²) < 4.78 is 10.5. The summed E-state index contributed by atoms with van der Waals surface area (Å²) in [6.07, 6.45) is 1.68. The number of amides is 2. The first-order valence-corrected chi connectivity index (χ1v) is 9.11. The molecule has 1 fully saturated rings. The molecule has 1 aliphatic rings. The summed E-state index contributed by atoms with van der Waals surface area (Å²) >= 11 is 0.924. The summed E-state index contributed by atoms with van der Waals surface area (Å²) in [7, 11) is 3.11. The second-order valence-electron chi connectivity index (χ2n) is 5.93. The molecule has 7 heteroatoms. The van der Waals surface area contributed by atoms with Crippen molar-refractivity contribution >= 4 is 34.7 Å². The molecule has 140 valence electrons. The Labute approximate surface area is 162 Å². The molecule has 1 saturated heterocycles. The number of imide groups is 1. The van der Waals surface area contributed by atoms with Crippen molar-refractivity contribution in [2.45, 2.75) is 6.92 Å². The van der Waals surface area contributed by atoms with E-state index in [4.69, 9.17) is 9.47 Å². The minimum absolute atomic E-state index is 0.122. The van der Waals surface area contributed by atoms with Crippen LogP contribution in [-0.4, -0.2) is 36.9 Å². The van der Waals surface area contributed by atoms with Gasteiger partial charge in [0.25, 0.3) is 11.1 Å². The summed E-state index contributed by atoms with van der Waals surface area (Å²) in [6.45, 7) is 2.12. The third-order valence-corrected chi connectivity index (χ3v) is 4.98. The van der Waals surface area contributed by atoms with E-state index in [2.05, 4.69) is 5.32 Å². The Kier molecular flexibility index (Phi) is 5.71. The number of nitrogens with one attached hydrogen (secondary N) is 1. The molecule has 1 heterocycles. The van der Waals surface area contributed by atoms with Gasteiger partial charge in [0.2, 0.25) is 0 Å². The number of ether oxygens (including phenoxy) is 2. The zero-order valence-corrected chi connectivity index (χ0v) is 16.1. The van der Waals surface area contributed by atoms with Crippen LogP contribution < -0.4 is 14.8 Å². The van der Waals surface area contributed by atoms with Crippen LogP contribution in [0.3, 0.4) is 0 Å². The summed E-state index contributed by atoms with van der Waals surface area (Å²) in [6, 6.07) is 13.1. The zero-order valence-electron chi connectivity index (χ0n) is 15.3. The molecule has 0 radical (unpaired) electrons. The number of hydrogen-bond donors (Lipinski definition) is 1. The Balaban J connectivity index is 1.73. The Morgan fingerprint density at radius 3 is 2.41 bits per heavy atom. The average molecular weight is 384 g/mol. The highest BCUT2D eigenvalue weighted by atomic mass is 32.2. The van der Waals surface area contributed by atoms with Gasteiger partial charge >= 0.3 is 0 Å². The number of carbonyl (C=O) groups is 2. The van der Waals surface area contributed by atoms with Crippen molar-refractivity contribution in [1.82, 2.24) is 4.90 Å². The molecule has 1 N–H and O–H groups in total. The van der Waals surface area contributed by atoms with Crippen molar-refractivity contribution < 1.29 is 19.1 Å². The van der Waals surface area contributed by atoms with Crippen LogP contribution in [-0.2, 0) is 4.79 Å². The summed E-state index contributed by atoms with van der Waals surface area (Å²) in [5, 5.41) is 2.80. The highest BCUT2D eigenvalue weighted by Crippen LogP contribution is 2.34. The highest BCUT2D eigenvalue weighted by molar-refractivity contribution is 8.18. The van der Waals surface area contributed by atoms with Gasteiger partial charge in [0.15, 0.2) is 11.5 Å². The molecule has 2 aromatic carbocycles. The van der Waals surface area contributed by atoms with Crippen molar-refractivity contribution in [3.8, 4) is 11.5 Å². The number of rotatable bonds is 6. The predicted octanol–water partition coefficient (Wildman–Crippen LogP) is 4.12. The van der Waals surface area contributed by atoms with Crippen LogP contribution in [0.15, 0.2) is 47.4 Å². The minimum Gasteiger partial charge on any atom is -0.493 e. The molecule has 6 nitrogen and oxygen atoms in total. The third-order valence-electron chi connectivity index (χ3n) is 4.07. The minimum atomic E-state index is -0.320. The molecule has 0 spiro atoms. The fourth-order valence-electron chi connectivity index (χ4n) is 2.57. The molecule has 3 rings (SSSR count). The van der Waals surface area contributed by atoms with Crippen LogP contribution in [0.2, 0.25) is 0 Å². The Morgan fingerprint density at radius 2 is 1.74 bits per heavy atom. The van der Waals surface area contributed by atoms with Crippen LogP contribution in [0.25, 0.3) is 6.08 Å². The number of nitrogens with zero attached hydrogens (tertiary/aromatic N) is 1. The van der Waals surface area contributed by atoms with Crippen molar-refractivity contribution in [2.24, 2.45) is 0 Å². The van der Waals surface area contributed by atoms with E-state index < -0.39 is 0 Å². The molecule has 0 saturated carbocycles. The van der Waals surface area contributed by atoms with Crippen molar-refractivity contribution in [3.05, 3.63) is 58.5 Å². The number of hydrogen-bond acceptors (Lipinski definition) is 6. The molecule has 0 unspecified atom stereocenters. The number of anilines is 1. The lowest BCUT2D eigenvalue weighted by Gasteiger charge is -2.14. The number of methoxy groups -OCH3 is 2. The van der Waals surface area contributed by atoms with E-state index in [0.717, 1.165) is 28.6 Å². The van der Waals surface area contributed by atoms with Gasteiger partial charge in [0, 0.05) is 5.69 Å². The molecule has 1 aliphatic heterocycles. The largest absolute Gasteiger partial charge is 0.493 e. The maximum Gasteiger partial charge on any atom is 0.295 e. The molecule has 2 aromatic rings. The lowest BCUT2D eigenvalue weighted by atomic mass is 10.2. The predicted molar refractivity (Wildman–Crippen MR) is 107 cm³/mol. The lowest BCUT2D eigenvalue weighted by molar-refractivity contribution is -0.122. The first kappa shape index (κ1) is 18.8. The first-order chi connectivity index (χ1) is 13.0. The second-order valence-corrected chi connectivity index (χ2v) is 6.92. The van der Waals surface area contributed by atoms with Gasteiger partial charge in [-0.1, -0.05) is 23.8 Å². The van der Waals surface area contributed by atoms with Crippen LogP contribution in [0.1, 0.15) is 11.1 Å². The highest BCUT2D eigenvalue weighted by Gasteiger charge is 2.34. The van der Waals surface area contributed by atoms with Gasteiger partial charge in [-0.15, -0.1) is 0 Å². The molecular weight excluding hydrogens is 364 g/mol. The maximum atomic E-state index is 12.6. The topological polar surface area (TPSA) is 67.9 Å². The molecule has 0 bridgehead atoms. The number of carbonyl (C=O) groups excluding carboxylic acids is 2. The number of aryl methyl sites for hydroxylation is 1. The maximum absolute atomic E-state index is 12.6. The van der Waals surface area contributed by atoms with Gasteiger partial charge in [-0.05, 0) is 54.6 Å². The summed E-state index contributed by atoms with van der Waals surface area (Å²) in [5.41, 5.74) is 2.75. The molecule has 27 heavy (non-hydrogen) atoms. The molecule has 2 amide bonds. The molecule has 0 aliphatic carbocycles. The van der Waals surface area contributed by atoms with Gasteiger partial charge in [0.05, 0.1) is 25.8 Å². The fraction of sp³-hybridized carbons (Fsp3) is 0.200. The van der Waals surface area contributed by atoms with E-state index in [1.165, 1.54) is 4.90 Å². The van der Waals surface area contributed by atoms with E-state index in [1.54, 1.807) is 38.5 Å². The van der Waals surface area contributed by atoms with Crippen molar-refractivity contribution in [1.29, 1.82) is 0 Å². The average Bonchev–Trinajstić information content (AvgIpc) is 2.94. The Morgan fingerprint density at radius 1 is 1.04 bits per heavy atom. The van der Waals surface area contributed by atoms with Gasteiger partial charge in [-0.25, -0.2) is 0 Å². The van der Waals surface area contributed by atoms with Crippen LogP contribution in [0.4, 0.5) is 10.5 Å². The van der Waals surface area contributed by atoms with Crippen molar-refractivity contribution in [3.63, 3.8) is 0 Å². The zero-order chi connectivity index (χ0) is 19.4. The summed E-state index contributed by atoms with van der Waals surface area (Å²) in [5.74, 6) is 0.843. The van der Waals surface area contributed by atoms with Gasteiger partial charge < -0.3 is 14.8 Å². The second kappa shape index (κ2) is 8.18. The monoisotopic (exact) mass is 384 g/mol. The van der Waals surface area contributed by atoms with E-state index in [9.17, 15) is 9.59 Å². The van der Waals surface area contributed by atoms with E-state index in [1.807, 2.05) is 31.2 Å². The standard InChI is InChI=1S/C20H20N2O4S/c1-13-4-7-15(8-5-13)21-12-22-19(23)18(27-20(22)24)11-14-6-9-16(25-2)17(10-14)26-3/h4-11,21H,12H2,1-3H3/b18-11+. The van der Waals surface area contributed by atoms with Gasteiger partial charge in [-0.3, -0.25) is 14.5 Å². The van der Waals surface area contributed by atoms with Gasteiger partial charge in [0.1, 0.15) is 0 Å². The van der Waals surface area contributed by atoms with Crippen LogP contribution in [0.5, 0.6) is 11.5 Å². The van der Waals surface area contributed by atoms with Crippen LogP contribution >= 0.6 is 11.8 Å². The van der Waals surface area contributed by atoms with E-state index in [-0.39, 0.29) is 17.8 Å². The SMILES string of the molecule is COc1ccc(/C=C2/SC(=O)N(CNc3ccc(C)cc3)C2=O)cc1OC. The molecular formula is C20H20N2O4S. The first-order valence-electron chi connectivity index (χ1n) is 8.29. The number of thioether (sulfide) groups is 1. The van der Waals surface area contributed by atoms with Gasteiger partial charge in [-0.2, -0.15) is 0 Å². The summed E-state index contributed by atoms with van der Waals surface area (Å²) in [4.78, 5) is 26.4. The normalized spacial score (nSPS) is 15.4. The van der Waals surface area contributed by atoms with Crippen LogP contribution in [0, 0.1) is 6.92 Å². The lowest BCUT2D eigenvalue weighted by Crippen LogP contribution is -2.33. The smallest absolute Gasteiger partial charge is 0.295 e. The quantitative estimate of drug-likeness (QED) is 0.756. The van der Waals surface area contributed by atoms with Crippen molar-refractivity contribution in [2.75, 3.05) is 26.2 Å². The Hall–Kier alpha value is -2.93. The van der Waals surface area contributed by atoms with E-state index >= 15 is 0 Å². The Bertz CT molecular complexity index is 893. The third kappa shape index (κ3) is 4.25. The fourth-order valence-corrected chi connectivity index (χ4v) is 3.41. The molecule has 0 atom stereocenters. The van der Waals surface area contributed by atoms with E-state index in [0.29, 0.717) is 16.4 Å². The number of benzene rings is 2.